The molecule has 0 aliphatic rings. The van der Waals surface area contributed by atoms with Gasteiger partial charge in [0.15, 0.2) is 17.5 Å². The predicted molar refractivity (Wildman–Crippen MR) is 71.6 cm³/mol. The third-order valence-corrected chi connectivity index (χ3v) is 4.14. The summed E-state index contributed by atoms with van der Waals surface area (Å²) >= 11 is 13.0. The monoisotopic (exact) mass is 325 g/mol. The molecule has 0 radical (unpaired) electrons. The van der Waals surface area contributed by atoms with Crippen molar-refractivity contribution in [3.05, 3.63) is 55.5 Å². The van der Waals surface area contributed by atoms with Gasteiger partial charge >= 0.3 is 0 Å². The van der Waals surface area contributed by atoms with E-state index in [0.29, 0.717) is 14.2 Å². The second kappa shape index (κ2) is 5.71. The van der Waals surface area contributed by atoms with E-state index in [4.69, 9.17) is 23.2 Å². The summed E-state index contributed by atoms with van der Waals surface area (Å²) in [4.78, 5) is 0. The van der Waals surface area contributed by atoms with Gasteiger partial charge in [0.2, 0.25) is 0 Å². The summed E-state index contributed by atoms with van der Waals surface area (Å²) < 4.78 is 40.3. The van der Waals surface area contributed by atoms with Crippen molar-refractivity contribution in [1.29, 1.82) is 0 Å². The zero-order valence-corrected chi connectivity index (χ0v) is 11.9. The predicted octanol–water partition coefficient (Wildman–Crippen LogP) is 4.78. The fraction of sp³-hybridized carbons (Fsp3) is 0.167. The first-order chi connectivity index (χ1) is 8.93. The molecule has 1 aromatic carbocycles. The molecule has 0 aliphatic carbocycles. The molecule has 0 saturated carbocycles. The fourth-order valence-corrected chi connectivity index (χ4v) is 3.33. The van der Waals surface area contributed by atoms with Crippen LogP contribution < -0.4 is 5.32 Å². The summed E-state index contributed by atoms with van der Waals surface area (Å²) in [6.45, 7) is 0. The molecule has 0 saturated heterocycles. The van der Waals surface area contributed by atoms with Gasteiger partial charge in [0, 0.05) is 5.56 Å². The minimum Gasteiger partial charge on any atom is -0.309 e. The Hall–Kier alpha value is -0.750. The highest BCUT2D eigenvalue weighted by Gasteiger charge is 2.21. The van der Waals surface area contributed by atoms with Crippen molar-refractivity contribution in [3.63, 3.8) is 0 Å². The summed E-state index contributed by atoms with van der Waals surface area (Å²) in [5.74, 6) is -3.98. The lowest BCUT2D eigenvalue weighted by atomic mass is 10.0. The van der Waals surface area contributed by atoms with Crippen LogP contribution in [-0.2, 0) is 0 Å². The van der Waals surface area contributed by atoms with Gasteiger partial charge in [-0.05, 0) is 30.8 Å². The number of hydrogen-bond acceptors (Lipinski definition) is 2. The zero-order chi connectivity index (χ0) is 14.2. The molecular formula is C12H8Cl2F3NS. The molecule has 1 atom stereocenters. The Bertz CT molecular complexity index is 592. The van der Waals surface area contributed by atoms with E-state index in [1.54, 1.807) is 13.1 Å². The van der Waals surface area contributed by atoms with Crippen molar-refractivity contribution in [2.24, 2.45) is 0 Å². The van der Waals surface area contributed by atoms with Crippen molar-refractivity contribution in [2.45, 2.75) is 6.04 Å². The third kappa shape index (κ3) is 2.89. The van der Waals surface area contributed by atoms with E-state index >= 15 is 0 Å². The molecule has 1 heterocycles. The van der Waals surface area contributed by atoms with Crippen LogP contribution in [0.4, 0.5) is 13.2 Å². The Labute approximate surface area is 122 Å². The van der Waals surface area contributed by atoms with Gasteiger partial charge < -0.3 is 5.32 Å². The molecule has 1 nitrogen and oxygen atoms in total. The fourth-order valence-electron chi connectivity index (χ4n) is 1.79. The highest BCUT2D eigenvalue weighted by Crippen LogP contribution is 2.37. The lowest BCUT2D eigenvalue weighted by Crippen LogP contribution is -2.18. The molecule has 0 amide bonds. The molecule has 0 spiro atoms. The first-order valence-electron chi connectivity index (χ1n) is 5.20. The van der Waals surface area contributed by atoms with Crippen molar-refractivity contribution < 1.29 is 13.2 Å². The zero-order valence-electron chi connectivity index (χ0n) is 9.61. The van der Waals surface area contributed by atoms with Crippen LogP contribution in [0.1, 0.15) is 17.2 Å². The van der Waals surface area contributed by atoms with Crippen LogP contribution in [0.25, 0.3) is 0 Å². The van der Waals surface area contributed by atoms with Crippen LogP contribution in [-0.4, -0.2) is 7.05 Å². The van der Waals surface area contributed by atoms with E-state index in [-0.39, 0.29) is 5.56 Å². The molecule has 7 heteroatoms. The lowest BCUT2D eigenvalue weighted by molar-refractivity contribution is 0.443. The third-order valence-electron chi connectivity index (χ3n) is 2.62. The maximum absolute atomic E-state index is 13.3. The molecule has 102 valence electrons. The molecule has 0 bridgehead atoms. The molecule has 2 rings (SSSR count). The quantitative estimate of drug-likeness (QED) is 0.801. The Kier molecular flexibility index (Phi) is 4.40. The van der Waals surface area contributed by atoms with E-state index in [0.717, 1.165) is 23.5 Å². The average molecular weight is 326 g/mol. The van der Waals surface area contributed by atoms with Gasteiger partial charge in [-0.1, -0.05) is 23.2 Å². The van der Waals surface area contributed by atoms with E-state index in [1.807, 2.05) is 0 Å². The number of rotatable bonds is 3. The summed E-state index contributed by atoms with van der Waals surface area (Å²) in [5.41, 5.74) is 0.819. The van der Waals surface area contributed by atoms with Gasteiger partial charge in [-0.3, -0.25) is 0 Å². The number of halogens is 5. The normalized spacial score (nSPS) is 12.7. The van der Waals surface area contributed by atoms with Crippen molar-refractivity contribution in [1.82, 2.24) is 5.32 Å². The van der Waals surface area contributed by atoms with Crippen molar-refractivity contribution >= 4 is 34.5 Å². The molecule has 0 fully saturated rings. The Morgan fingerprint density at radius 3 is 2.11 bits per heavy atom. The van der Waals surface area contributed by atoms with Gasteiger partial charge in [-0.25, -0.2) is 13.2 Å². The molecule has 19 heavy (non-hydrogen) atoms. The number of nitrogens with one attached hydrogen (secondary N) is 1. The Morgan fingerprint density at radius 1 is 1.11 bits per heavy atom. The van der Waals surface area contributed by atoms with E-state index in [1.165, 1.54) is 0 Å². The van der Waals surface area contributed by atoms with Gasteiger partial charge in [0.05, 0.1) is 14.7 Å². The molecule has 1 unspecified atom stereocenters. The highest BCUT2D eigenvalue weighted by atomic mass is 35.5. The van der Waals surface area contributed by atoms with Gasteiger partial charge in [0.25, 0.3) is 0 Å². The van der Waals surface area contributed by atoms with E-state index in [9.17, 15) is 13.2 Å². The molecule has 0 aliphatic heterocycles. The maximum Gasteiger partial charge on any atom is 0.194 e. The smallest absolute Gasteiger partial charge is 0.194 e. The average Bonchev–Trinajstić information content (AvgIpc) is 2.66. The first kappa shape index (κ1) is 14.7. The number of hydrogen-bond donors (Lipinski definition) is 1. The summed E-state index contributed by atoms with van der Waals surface area (Å²) in [6.07, 6.45) is 0. The summed E-state index contributed by atoms with van der Waals surface area (Å²) in [7, 11) is 1.60. The van der Waals surface area contributed by atoms with Gasteiger partial charge in [-0.2, -0.15) is 0 Å². The van der Waals surface area contributed by atoms with Crippen LogP contribution in [0.5, 0.6) is 0 Å². The first-order valence-corrected chi connectivity index (χ1v) is 6.77. The Balaban J connectivity index is 2.51. The summed E-state index contributed by atoms with van der Waals surface area (Å²) in [5, 5.41) is 2.87. The second-order valence-electron chi connectivity index (χ2n) is 3.80. The van der Waals surface area contributed by atoms with E-state index in [2.05, 4.69) is 5.32 Å². The molecule has 2 aromatic rings. The Morgan fingerprint density at radius 2 is 1.68 bits per heavy atom. The van der Waals surface area contributed by atoms with E-state index < -0.39 is 23.5 Å². The molecule has 1 aromatic heterocycles. The number of benzene rings is 1. The largest absolute Gasteiger partial charge is 0.309 e. The highest BCUT2D eigenvalue weighted by molar-refractivity contribution is 7.20. The van der Waals surface area contributed by atoms with Crippen LogP contribution in [0.15, 0.2) is 18.2 Å². The van der Waals surface area contributed by atoms with Crippen molar-refractivity contribution in [2.75, 3.05) is 7.05 Å². The molecule has 1 N–H and O–H groups in total. The van der Waals surface area contributed by atoms with Gasteiger partial charge in [-0.15, -0.1) is 11.3 Å². The maximum atomic E-state index is 13.3. The summed E-state index contributed by atoms with van der Waals surface area (Å²) in [6, 6.07) is 2.90. The molecular weight excluding hydrogens is 318 g/mol. The topological polar surface area (TPSA) is 12.0 Å². The number of thiophene rings is 1. The minimum atomic E-state index is -1.49. The standard InChI is InChI=1S/C12H8Cl2F3NS/c1-18-11(6-4-9(13)19-12(6)14)5-2-7(15)10(17)8(16)3-5/h2-4,11,18H,1H3. The van der Waals surface area contributed by atoms with Crippen LogP contribution in [0, 0.1) is 17.5 Å². The van der Waals surface area contributed by atoms with Crippen LogP contribution >= 0.6 is 34.5 Å². The lowest BCUT2D eigenvalue weighted by Gasteiger charge is -2.16. The second-order valence-corrected chi connectivity index (χ2v) is 6.09. The van der Waals surface area contributed by atoms with Gasteiger partial charge in [0.1, 0.15) is 0 Å². The van der Waals surface area contributed by atoms with Crippen LogP contribution in [0.3, 0.4) is 0 Å². The van der Waals surface area contributed by atoms with Crippen LogP contribution in [0.2, 0.25) is 8.67 Å². The minimum absolute atomic E-state index is 0.232. The van der Waals surface area contributed by atoms with Crippen molar-refractivity contribution in [3.8, 4) is 0 Å². The SMILES string of the molecule is CNC(c1cc(F)c(F)c(F)c1)c1cc(Cl)sc1Cl.